The van der Waals surface area contributed by atoms with Gasteiger partial charge in [0, 0.05) is 74.3 Å². The minimum Gasteiger partial charge on any atom is -0.476 e. The fourth-order valence-electron chi connectivity index (χ4n) is 9.81. The third-order valence-corrected chi connectivity index (χ3v) is 15.8. The number of hydrogen-bond donors (Lipinski definition) is 0. The first-order chi connectivity index (χ1) is 31.1. The van der Waals surface area contributed by atoms with E-state index in [9.17, 15) is 17.2 Å². The molecule has 0 saturated carbocycles. The molecule has 3 fully saturated rings. The third kappa shape index (κ3) is 9.92. The van der Waals surface area contributed by atoms with Gasteiger partial charge in [0.05, 0.1) is 25.0 Å². The highest BCUT2D eigenvalue weighted by Crippen LogP contribution is 2.49. The van der Waals surface area contributed by atoms with Crippen molar-refractivity contribution in [2.75, 3.05) is 83.9 Å². The van der Waals surface area contributed by atoms with Gasteiger partial charge >= 0.3 is 0 Å². The van der Waals surface area contributed by atoms with Crippen LogP contribution in [0.5, 0.6) is 17.4 Å². The Morgan fingerprint density at radius 2 is 1.62 bits per heavy atom. The summed E-state index contributed by atoms with van der Waals surface area (Å²) in [6.07, 6.45) is 11.0. The van der Waals surface area contributed by atoms with E-state index in [0.717, 1.165) is 105 Å². The van der Waals surface area contributed by atoms with Crippen LogP contribution in [0.1, 0.15) is 50.5 Å². The number of hydrogen-bond acceptors (Lipinski definition) is 10. The summed E-state index contributed by atoms with van der Waals surface area (Å²) in [4.78, 5) is 15.6. The van der Waals surface area contributed by atoms with Crippen LogP contribution in [-0.4, -0.2) is 117 Å². The summed E-state index contributed by atoms with van der Waals surface area (Å²) in [5, 5.41) is 1.43. The molecular weight excluding hydrogens is 882 g/mol. The Morgan fingerprint density at radius 1 is 0.859 bits per heavy atom. The standard InChI is InChI=1S/C48H54Cl2F2N6O5S/c49-38-6-4-35(5-7-38)44-8-12-48(13-16-56(17-14-48)40(28-51)29-52)27-37(44)32-55-18-20-57(21-19-55)39-2-1-3-41(25-39)63-42-24-36-9-15-58(46(36)53-30-42)64(59,60)43-26-45(50)47(54-31-43)62-33-34-10-22-61-23-11-34/h1-7,9,15,24-26,30-31,34,40H,8,10-14,16-23,27-29,32-33H2. The van der Waals surface area contributed by atoms with E-state index in [-0.39, 0.29) is 26.9 Å². The van der Waals surface area contributed by atoms with E-state index in [1.807, 2.05) is 35.2 Å². The van der Waals surface area contributed by atoms with Crippen LogP contribution in [0.3, 0.4) is 0 Å². The highest BCUT2D eigenvalue weighted by molar-refractivity contribution is 7.90. The average molecular weight is 936 g/mol. The van der Waals surface area contributed by atoms with Crippen molar-refractivity contribution in [3.8, 4) is 17.4 Å². The second kappa shape index (κ2) is 19.7. The molecular formula is C48H54Cl2F2N6O5S. The summed E-state index contributed by atoms with van der Waals surface area (Å²) in [5.74, 6) is 1.65. The molecule has 0 bridgehead atoms. The van der Waals surface area contributed by atoms with E-state index < -0.39 is 29.4 Å². The van der Waals surface area contributed by atoms with Crippen molar-refractivity contribution in [1.29, 1.82) is 0 Å². The van der Waals surface area contributed by atoms with Gasteiger partial charge in [-0.15, -0.1) is 0 Å². The van der Waals surface area contributed by atoms with Crippen molar-refractivity contribution in [3.63, 3.8) is 0 Å². The van der Waals surface area contributed by atoms with Crippen LogP contribution in [0.15, 0.2) is 95.8 Å². The van der Waals surface area contributed by atoms with Gasteiger partial charge in [-0.2, -0.15) is 0 Å². The number of aromatic nitrogens is 3. The van der Waals surface area contributed by atoms with Gasteiger partial charge < -0.3 is 19.1 Å². The Kier molecular flexibility index (Phi) is 13.8. The topological polar surface area (TPSA) is 102 Å². The zero-order valence-corrected chi connectivity index (χ0v) is 38.1. The lowest BCUT2D eigenvalue weighted by Gasteiger charge is -2.47. The molecule has 5 aromatic rings. The second-order valence-electron chi connectivity index (χ2n) is 17.7. The van der Waals surface area contributed by atoms with E-state index in [1.54, 1.807) is 12.1 Å². The monoisotopic (exact) mass is 934 g/mol. The molecule has 6 heterocycles. The maximum Gasteiger partial charge on any atom is 0.270 e. The van der Waals surface area contributed by atoms with Gasteiger partial charge in [-0.05, 0) is 123 Å². The maximum atomic E-state index is 13.8. The van der Waals surface area contributed by atoms with Crippen LogP contribution >= 0.6 is 23.2 Å². The first-order valence-electron chi connectivity index (χ1n) is 22.3. The molecule has 0 unspecified atom stereocenters. The Bertz CT molecular complexity index is 2550. The Hall–Kier alpha value is -4.31. The third-order valence-electron chi connectivity index (χ3n) is 13.7. The number of halogens is 4. The quantitative estimate of drug-likeness (QED) is 0.107. The second-order valence-corrected chi connectivity index (χ2v) is 20.3. The van der Waals surface area contributed by atoms with Crippen molar-refractivity contribution < 1.29 is 31.4 Å². The van der Waals surface area contributed by atoms with Gasteiger partial charge in [0.25, 0.3) is 10.0 Å². The zero-order valence-electron chi connectivity index (χ0n) is 35.8. The number of benzene rings is 2. The van der Waals surface area contributed by atoms with Crippen LogP contribution in [0.4, 0.5) is 14.5 Å². The molecule has 0 atom stereocenters. The van der Waals surface area contributed by atoms with Crippen molar-refractivity contribution in [1.82, 2.24) is 23.7 Å². The fraction of sp³-hybridized carbons (Fsp3) is 0.458. The largest absolute Gasteiger partial charge is 0.476 e. The normalized spacial score (nSPS) is 19.2. The average Bonchev–Trinajstić information content (AvgIpc) is 3.75. The van der Waals surface area contributed by atoms with Crippen LogP contribution < -0.4 is 14.4 Å². The number of ether oxygens (including phenoxy) is 3. The molecule has 11 nitrogen and oxygen atoms in total. The SMILES string of the molecule is O=S(=O)(c1cnc(OCC2CCOCC2)c(Cl)c1)n1ccc2cc(Oc3cccc(N4CCN(CC5=C(c6ccc(Cl)cc6)CCC6(CCN(C(CF)CF)CC6)C5)CC4)c3)cnc21. The minimum atomic E-state index is -4.07. The molecule has 1 aliphatic carbocycles. The highest BCUT2D eigenvalue weighted by Gasteiger charge is 2.40. The number of pyridine rings is 2. The molecule has 3 aliphatic heterocycles. The predicted octanol–water partition coefficient (Wildman–Crippen LogP) is 9.72. The molecule has 64 heavy (non-hydrogen) atoms. The Balaban J connectivity index is 0.832. The molecule has 3 aromatic heterocycles. The number of anilines is 1. The van der Waals surface area contributed by atoms with E-state index in [4.69, 9.17) is 37.4 Å². The number of piperidine rings is 1. The molecule has 1 spiro atoms. The molecule has 3 saturated heterocycles. The van der Waals surface area contributed by atoms with Crippen LogP contribution in [0, 0.1) is 11.3 Å². The van der Waals surface area contributed by atoms with Gasteiger partial charge in [0.1, 0.15) is 34.8 Å². The van der Waals surface area contributed by atoms with Crippen molar-refractivity contribution in [2.24, 2.45) is 11.3 Å². The van der Waals surface area contributed by atoms with Gasteiger partial charge in [0.15, 0.2) is 5.65 Å². The summed E-state index contributed by atoms with van der Waals surface area (Å²) in [6.45, 7) is 6.41. The number of rotatable bonds is 14. The molecule has 0 amide bonds. The molecule has 16 heteroatoms. The van der Waals surface area contributed by atoms with E-state index in [0.29, 0.717) is 42.6 Å². The minimum absolute atomic E-state index is 0.0758. The summed E-state index contributed by atoms with van der Waals surface area (Å²) in [7, 11) is -4.07. The maximum absolute atomic E-state index is 13.8. The van der Waals surface area contributed by atoms with E-state index in [1.165, 1.54) is 41.4 Å². The highest BCUT2D eigenvalue weighted by atomic mass is 35.5. The van der Waals surface area contributed by atoms with Crippen molar-refractivity contribution in [3.05, 3.63) is 107 Å². The van der Waals surface area contributed by atoms with Gasteiger partial charge in [-0.25, -0.2) is 31.1 Å². The molecule has 2 aromatic carbocycles. The number of alkyl halides is 2. The first-order valence-corrected chi connectivity index (χ1v) is 24.5. The summed E-state index contributed by atoms with van der Waals surface area (Å²) < 4.78 is 73.3. The fourth-order valence-corrected chi connectivity index (χ4v) is 11.5. The first kappa shape index (κ1) is 44.9. The molecule has 0 radical (unpaired) electrons. The number of piperazine rings is 1. The van der Waals surface area contributed by atoms with E-state index >= 15 is 0 Å². The van der Waals surface area contributed by atoms with Gasteiger partial charge in [-0.3, -0.25) is 9.80 Å². The summed E-state index contributed by atoms with van der Waals surface area (Å²) >= 11 is 12.7. The molecule has 0 N–H and O–H groups in total. The van der Waals surface area contributed by atoms with Crippen molar-refractivity contribution in [2.45, 2.75) is 55.9 Å². The molecule has 9 rings (SSSR count). The van der Waals surface area contributed by atoms with Gasteiger partial charge in [-0.1, -0.05) is 47.0 Å². The Labute approximate surface area is 384 Å². The lowest BCUT2D eigenvalue weighted by Crippen LogP contribution is -2.49. The lowest BCUT2D eigenvalue weighted by molar-refractivity contribution is 0.0452. The van der Waals surface area contributed by atoms with E-state index in [2.05, 4.69) is 38.0 Å². The number of likely N-dealkylation sites (tertiary alicyclic amines) is 1. The predicted molar refractivity (Wildman–Crippen MR) is 247 cm³/mol. The van der Waals surface area contributed by atoms with Crippen LogP contribution in [0.25, 0.3) is 16.6 Å². The lowest BCUT2D eigenvalue weighted by atomic mass is 9.65. The summed E-state index contributed by atoms with van der Waals surface area (Å²) in [5.41, 5.74) is 5.57. The molecule has 340 valence electrons. The van der Waals surface area contributed by atoms with Gasteiger partial charge in [0.2, 0.25) is 5.88 Å². The van der Waals surface area contributed by atoms with Crippen LogP contribution in [0.2, 0.25) is 10.0 Å². The zero-order chi connectivity index (χ0) is 44.3. The molecule has 4 aliphatic rings. The van der Waals surface area contributed by atoms with Crippen LogP contribution in [-0.2, 0) is 14.8 Å². The number of fused-ring (bicyclic) bond motifs is 1. The Morgan fingerprint density at radius 3 is 2.36 bits per heavy atom. The number of allylic oxidation sites excluding steroid dienone is 1. The smallest absolute Gasteiger partial charge is 0.270 e. The summed E-state index contributed by atoms with van der Waals surface area (Å²) in [6, 6.07) is 20.4. The van der Waals surface area contributed by atoms with Crippen molar-refractivity contribution >= 4 is 55.5 Å². The number of nitrogens with zero attached hydrogens (tertiary/aromatic N) is 6.